The van der Waals surface area contributed by atoms with Crippen molar-refractivity contribution in [3.8, 4) is 0 Å². The van der Waals surface area contributed by atoms with Crippen LogP contribution in [0.3, 0.4) is 0 Å². The molecule has 1 N–H and O–H groups in total. The fourth-order valence-electron chi connectivity index (χ4n) is 0.924. The molecule has 0 spiro atoms. The molecule has 0 aliphatic carbocycles. The molecular weight excluding hydrogens is 177 g/mol. The maximum Gasteiger partial charge on any atom is 0.337 e. The number of carbonyl (C=O) groups is 1. The highest BCUT2D eigenvalue weighted by molar-refractivity contribution is 5.87. The minimum Gasteiger partial charge on any atom is -0.478 e. The van der Waals surface area contributed by atoms with Crippen molar-refractivity contribution < 1.29 is 14.3 Å². The molecule has 0 aliphatic rings. The fraction of sp³-hybridized carbons (Fsp3) is 0.250. The largest absolute Gasteiger partial charge is 0.478 e. The number of pyridine rings is 1. The second-order valence-corrected chi connectivity index (χ2v) is 2.44. The monoisotopic (exact) mass is 185 g/mol. The second kappa shape index (κ2) is 3.84. The molecule has 1 heterocycles. The van der Waals surface area contributed by atoms with E-state index < -0.39 is 18.2 Å². The Bertz CT molecular complexity index is 372. The van der Waals surface area contributed by atoms with Gasteiger partial charge in [-0.15, -0.1) is 0 Å². The predicted molar refractivity (Wildman–Crippen MR) is 43.6 cm³/mol. The molecule has 0 unspecified atom stereocenters. The summed E-state index contributed by atoms with van der Waals surface area (Å²) in [5.74, 6) is -1.13. The van der Waals surface area contributed by atoms with E-state index in [2.05, 4.69) is 0 Å². The van der Waals surface area contributed by atoms with Gasteiger partial charge in [-0.05, 0) is 6.07 Å². The van der Waals surface area contributed by atoms with E-state index in [9.17, 15) is 14.0 Å². The van der Waals surface area contributed by atoms with E-state index in [4.69, 9.17) is 5.11 Å². The number of halogens is 1. The summed E-state index contributed by atoms with van der Waals surface area (Å²) in [6.07, 6.45) is 1.13. The molecule has 4 nitrogen and oxygen atoms in total. The third-order valence-corrected chi connectivity index (χ3v) is 1.56. The molecular formula is C8H8FNO3. The lowest BCUT2D eigenvalue weighted by molar-refractivity contribution is 0.0695. The van der Waals surface area contributed by atoms with Gasteiger partial charge in [0.1, 0.15) is 6.67 Å². The smallest absolute Gasteiger partial charge is 0.337 e. The molecule has 0 saturated heterocycles. The summed E-state index contributed by atoms with van der Waals surface area (Å²) in [5, 5.41) is 8.56. The van der Waals surface area contributed by atoms with Crippen LogP contribution in [0.2, 0.25) is 0 Å². The lowest BCUT2D eigenvalue weighted by atomic mass is 10.3. The molecule has 0 aliphatic heterocycles. The summed E-state index contributed by atoms with van der Waals surface area (Å²) >= 11 is 0. The van der Waals surface area contributed by atoms with E-state index in [1.165, 1.54) is 6.07 Å². The Kier molecular flexibility index (Phi) is 2.79. The lowest BCUT2D eigenvalue weighted by Crippen LogP contribution is -2.20. The van der Waals surface area contributed by atoms with Gasteiger partial charge in [0.2, 0.25) is 0 Å². The van der Waals surface area contributed by atoms with Crippen molar-refractivity contribution in [2.24, 2.45) is 0 Å². The van der Waals surface area contributed by atoms with E-state index >= 15 is 0 Å². The first-order valence-corrected chi connectivity index (χ1v) is 3.65. The number of hydrogen-bond donors (Lipinski definition) is 1. The van der Waals surface area contributed by atoms with Gasteiger partial charge in [0, 0.05) is 12.3 Å². The summed E-state index contributed by atoms with van der Waals surface area (Å²) in [6.45, 7) is -0.803. The van der Waals surface area contributed by atoms with Crippen LogP contribution < -0.4 is 5.56 Å². The van der Waals surface area contributed by atoms with Crippen molar-refractivity contribution in [2.45, 2.75) is 6.54 Å². The van der Waals surface area contributed by atoms with E-state index in [1.54, 1.807) is 0 Å². The first-order chi connectivity index (χ1) is 6.15. The van der Waals surface area contributed by atoms with Crippen LogP contribution in [0.5, 0.6) is 0 Å². The molecule has 0 bridgehead atoms. The van der Waals surface area contributed by atoms with Crippen LogP contribution >= 0.6 is 0 Å². The Morgan fingerprint density at radius 3 is 2.77 bits per heavy atom. The van der Waals surface area contributed by atoms with E-state index in [0.29, 0.717) is 0 Å². The van der Waals surface area contributed by atoms with Crippen LogP contribution in [0.15, 0.2) is 23.1 Å². The lowest BCUT2D eigenvalue weighted by Gasteiger charge is -2.02. The van der Waals surface area contributed by atoms with Crippen molar-refractivity contribution in [2.75, 3.05) is 6.67 Å². The van der Waals surface area contributed by atoms with Crippen molar-refractivity contribution in [1.29, 1.82) is 0 Å². The quantitative estimate of drug-likeness (QED) is 0.746. The van der Waals surface area contributed by atoms with Gasteiger partial charge in [-0.1, -0.05) is 0 Å². The predicted octanol–water partition coefficient (Wildman–Crippen LogP) is 0.516. The molecule has 0 aromatic carbocycles. The van der Waals surface area contributed by atoms with Crippen molar-refractivity contribution in [1.82, 2.24) is 4.57 Å². The summed E-state index contributed by atoms with van der Waals surface area (Å²) in [4.78, 5) is 21.4. The van der Waals surface area contributed by atoms with Crippen LogP contribution in [0, 0.1) is 0 Å². The van der Waals surface area contributed by atoms with Gasteiger partial charge < -0.3 is 9.67 Å². The standard InChI is InChI=1S/C8H8FNO3/c9-3-4-10-5-6(8(12)13)1-2-7(10)11/h1-2,5H,3-4H2,(H,12,13). The van der Waals surface area contributed by atoms with E-state index in [-0.39, 0.29) is 12.1 Å². The van der Waals surface area contributed by atoms with Crippen LogP contribution in [-0.2, 0) is 6.54 Å². The number of aromatic nitrogens is 1. The molecule has 1 rings (SSSR count). The third-order valence-electron chi connectivity index (χ3n) is 1.56. The molecule has 0 atom stereocenters. The maximum absolute atomic E-state index is 11.9. The fourth-order valence-corrected chi connectivity index (χ4v) is 0.924. The van der Waals surface area contributed by atoms with Gasteiger partial charge >= 0.3 is 5.97 Å². The second-order valence-electron chi connectivity index (χ2n) is 2.44. The SMILES string of the molecule is O=C(O)c1ccc(=O)n(CCF)c1. The number of carboxylic acid groups (broad SMARTS) is 1. The minimum atomic E-state index is -1.13. The average Bonchev–Trinajstić information content (AvgIpc) is 2.08. The first-order valence-electron chi connectivity index (χ1n) is 3.65. The van der Waals surface area contributed by atoms with Crippen molar-refractivity contribution >= 4 is 5.97 Å². The third kappa shape index (κ3) is 2.14. The Morgan fingerprint density at radius 1 is 1.54 bits per heavy atom. The number of aryl methyl sites for hydroxylation is 1. The number of alkyl halides is 1. The molecule has 13 heavy (non-hydrogen) atoms. The first kappa shape index (κ1) is 9.44. The number of hydrogen-bond acceptors (Lipinski definition) is 2. The molecule has 0 amide bonds. The van der Waals surface area contributed by atoms with Gasteiger partial charge in [-0.3, -0.25) is 4.79 Å². The normalized spacial score (nSPS) is 9.92. The van der Waals surface area contributed by atoms with Gasteiger partial charge in [-0.2, -0.15) is 0 Å². The summed E-state index contributed by atoms with van der Waals surface area (Å²) in [7, 11) is 0. The summed E-state index contributed by atoms with van der Waals surface area (Å²) in [5.41, 5.74) is -0.421. The number of nitrogens with zero attached hydrogens (tertiary/aromatic N) is 1. The van der Waals surface area contributed by atoms with Gasteiger partial charge in [-0.25, -0.2) is 9.18 Å². The molecule has 1 aromatic heterocycles. The highest BCUT2D eigenvalue weighted by Crippen LogP contribution is 1.95. The summed E-state index contributed by atoms with van der Waals surface area (Å²) in [6, 6.07) is 2.30. The molecule has 5 heteroatoms. The van der Waals surface area contributed by atoms with E-state index in [1.807, 2.05) is 0 Å². The van der Waals surface area contributed by atoms with Gasteiger partial charge in [0.25, 0.3) is 5.56 Å². The molecule has 0 fully saturated rings. The van der Waals surface area contributed by atoms with Crippen LogP contribution in [0.1, 0.15) is 10.4 Å². The minimum absolute atomic E-state index is 0.0203. The molecule has 0 radical (unpaired) electrons. The van der Waals surface area contributed by atoms with Crippen molar-refractivity contribution in [3.05, 3.63) is 34.2 Å². The number of aromatic carboxylic acids is 1. The van der Waals surface area contributed by atoms with Gasteiger partial charge in [0.05, 0.1) is 12.1 Å². The molecule has 0 saturated carbocycles. The Hall–Kier alpha value is -1.65. The average molecular weight is 185 g/mol. The Morgan fingerprint density at radius 2 is 2.23 bits per heavy atom. The van der Waals surface area contributed by atoms with Crippen LogP contribution in [0.25, 0.3) is 0 Å². The van der Waals surface area contributed by atoms with Crippen molar-refractivity contribution in [3.63, 3.8) is 0 Å². The van der Waals surface area contributed by atoms with Crippen LogP contribution in [-0.4, -0.2) is 22.3 Å². The van der Waals surface area contributed by atoms with E-state index in [0.717, 1.165) is 16.8 Å². The zero-order valence-electron chi connectivity index (χ0n) is 6.74. The highest BCUT2D eigenvalue weighted by Gasteiger charge is 2.04. The topological polar surface area (TPSA) is 59.3 Å². The number of rotatable bonds is 3. The maximum atomic E-state index is 11.9. The zero-order chi connectivity index (χ0) is 9.84. The molecule has 70 valence electrons. The Balaban J connectivity index is 3.11. The van der Waals surface area contributed by atoms with Crippen LogP contribution in [0.4, 0.5) is 4.39 Å². The number of carboxylic acids is 1. The highest BCUT2D eigenvalue weighted by atomic mass is 19.1. The Labute approximate surface area is 73.2 Å². The zero-order valence-corrected chi connectivity index (χ0v) is 6.74. The summed E-state index contributed by atoms with van der Waals surface area (Å²) < 4.78 is 12.9. The van der Waals surface area contributed by atoms with Gasteiger partial charge in [0.15, 0.2) is 0 Å². The molecule has 1 aromatic rings.